The number of carbonyl (C=O) groups excluding carboxylic acids is 1. The number of rotatable bonds is 1. The highest BCUT2D eigenvalue weighted by Gasteiger charge is 2.19. The third-order valence-corrected chi connectivity index (χ3v) is 3.28. The molecule has 0 aliphatic carbocycles. The van der Waals surface area contributed by atoms with Crippen LogP contribution in [-0.4, -0.2) is 23.9 Å². The lowest BCUT2D eigenvalue weighted by atomic mass is 10.1. The topological polar surface area (TPSA) is 46.3 Å². The van der Waals surface area contributed by atoms with Crippen molar-refractivity contribution in [2.75, 3.05) is 18.8 Å². The van der Waals surface area contributed by atoms with Crippen molar-refractivity contribution < 1.29 is 4.79 Å². The molecule has 1 aliphatic heterocycles. The molecule has 3 heteroatoms. The summed E-state index contributed by atoms with van der Waals surface area (Å²) in [7, 11) is 0. The fraction of sp³-hybridized carbons (Fsp3) is 0.357. The Kier molecular flexibility index (Phi) is 3.18. The highest BCUT2D eigenvalue weighted by atomic mass is 16.2. The number of aryl methyl sites for hydroxylation is 1. The van der Waals surface area contributed by atoms with E-state index >= 15 is 0 Å². The largest absolute Gasteiger partial charge is 0.398 e. The van der Waals surface area contributed by atoms with Crippen LogP contribution in [0.2, 0.25) is 0 Å². The Morgan fingerprint density at radius 2 is 2.12 bits per heavy atom. The van der Waals surface area contributed by atoms with Crippen molar-refractivity contribution in [2.24, 2.45) is 0 Å². The zero-order chi connectivity index (χ0) is 12.4. The van der Waals surface area contributed by atoms with Crippen molar-refractivity contribution in [3.8, 4) is 0 Å². The number of hydrogen-bond donors (Lipinski definition) is 1. The zero-order valence-electron chi connectivity index (χ0n) is 10.4. The first-order chi connectivity index (χ1) is 8.09. The average Bonchev–Trinajstić information content (AvgIpc) is 2.33. The van der Waals surface area contributed by atoms with Crippen LogP contribution in [0.25, 0.3) is 0 Å². The van der Waals surface area contributed by atoms with Gasteiger partial charge in [0, 0.05) is 18.8 Å². The Morgan fingerprint density at radius 3 is 2.76 bits per heavy atom. The van der Waals surface area contributed by atoms with Crippen molar-refractivity contribution >= 4 is 11.6 Å². The molecule has 1 amide bonds. The molecule has 1 aliphatic rings. The smallest absolute Gasteiger partial charge is 0.256 e. The van der Waals surface area contributed by atoms with E-state index in [-0.39, 0.29) is 5.91 Å². The Hall–Kier alpha value is -1.77. The van der Waals surface area contributed by atoms with Crippen molar-refractivity contribution in [3.05, 3.63) is 41.0 Å². The van der Waals surface area contributed by atoms with Gasteiger partial charge in [0.1, 0.15) is 0 Å². The molecule has 2 rings (SSSR count). The summed E-state index contributed by atoms with van der Waals surface area (Å²) in [6.07, 6.45) is 3.06. The summed E-state index contributed by atoms with van der Waals surface area (Å²) in [6, 6.07) is 5.60. The van der Waals surface area contributed by atoms with Crippen LogP contribution in [0.1, 0.15) is 29.3 Å². The van der Waals surface area contributed by atoms with Crippen LogP contribution in [0.15, 0.2) is 29.8 Å². The maximum absolute atomic E-state index is 12.3. The van der Waals surface area contributed by atoms with Gasteiger partial charge in [0.25, 0.3) is 5.91 Å². The first-order valence-corrected chi connectivity index (χ1v) is 5.89. The first kappa shape index (κ1) is 11.7. The number of nitrogens with two attached hydrogens (primary N) is 1. The van der Waals surface area contributed by atoms with Crippen molar-refractivity contribution in [1.82, 2.24) is 4.90 Å². The molecule has 2 N–H and O–H groups in total. The summed E-state index contributed by atoms with van der Waals surface area (Å²) in [6.45, 7) is 5.50. The van der Waals surface area contributed by atoms with Gasteiger partial charge in [-0.2, -0.15) is 0 Å². The second kappa shape index (κ2) is 4.62. The number of para-hydroxylation sites is 1. The monoisotopic (exact) mass is 230 g/mol. The van der Waals surface area contributed by atoms with E-state index in [1.807, 2.05) is 24.0 Å². The van der Waals surface area contributed by atoms with E-state index in [0.717, 1.165) is 18.5 Å². The van der Waals surface area contributed by atoms with Crippen LogP contribution < -0.4 is 5.73 Å². The molecule has 17 heavy (non-hydrogen) atoms. The number of nitrogens with zero attached hydrogens (tertiary/aromatic N) is 1. The number of anilines is 1. The third kappa shape index (κ3) is 2.33. The van der Waals surface area contributed by atoms with Crippen LogP contribution in [0.3, 0.4) is 0 Å². The third-order valence-electron chi connectivity index (χ3n) is 3.28. The Labute approximate surface area is 102 Å². The summed E-state index contributed by atoms with van der Waals surface area (Å²) in [5.41, 5.74) is 9.49. The van der Waals surface area contributed by atoms with Gasteiger partial charge in [-0.05, 0) is 31.9 Å². The van der Waals surface area contributed by atoms with Crippen LogP contribution in [0.4, 0.5) is 5.69 Å². The van der Waals surface area contributed by atoms with Gasteiger partial charge >= 0.3 is 0 Å². The predicted molar refractivity (Wildman–Crippen MR) is 69.9 cm³/mol. The maximum Gasteiger partial charge on any atom is 0.256 e. The second-order valence-electron chi connectivity index (χ2n) is 4.59. The van der Waals surface area contributed by atoms with Gasteiger partial charge in [-0.15, -0.1) is 0 Å². The summed E-state index contributed by atoms with van der Waals surface area (Å²) in [5, 5.41) is 0. The lowest BCUT2D eigenvalue weighted by Gasteiger charge is -2.26. The predicted octanol–water partition coefficient (Wildman–Crippen LogP) is 2.37. The van der Waals surface area contributed by atoms with Crippen molar-refractivity contribution in [2.45, 2.75) is 20.3 Å². The van der Waals surface area contributed by atoms with Gasteiger partial charge in [-0.1, -0.05) is 23.8 Å². The number of benzene rings is 1. The molecule has 90 valence electrons. The highest BCUT2D eigenvalue weighted by molar-refractivity contribution is 5.99. The average molecular weight is 230 g/mol. The van der Waals surface area contributed by atoms with Crippen LogP contribution in [-0.2, 0) is 0 Å². The Bertz CT molecular complexity index is 477. The van der Waals surface area contributed by atoms with Gasteiger partial charge in [-0.3, -0.25) is 4.79 Å². The molecule has 0 unspecified atom stereocenters. The molecule has 0 fully saturated rings. The minimum atomic E-state index is 0.0370. The molecule has 3 nitrogen and oxygen atoms in total. The molecular weight excluding hydrogens is 212 g/mol. The van der Waals surface area contributed by atoms with Crippen molar-refractivity contribution in [1.29, 1.82) is 0 Å². The zero-order valence-corrected chi connectivity index (χ0v) is 10.4. The minimum Gasteiger partial charge on any atom is -0.398 e. The second-order valence-corrected chi connectivity index (χ2v) is 4.59. The minimum absolute atomic E-state index is 0.0370. The number of hydrogen-bond acceptors (Lipinski definition) is 2. The number of nitrogen functional groups attached to an aromatic ring is 1. The van der Waals surface area contributed by atoms with Gasteiger partial charge < -0.3 is 10.6 Å². The molecule has 0 spiro atoms. The quantitative estimate of drug-likeness (QED) is 0.594. The van der Waals surface area contributed by atoms with E-state index in [0.29, 0.717) is 17.8 Å². The standard InChI is InChI=1S/C14H18N2O/c1-10-6-8-16(9-7-10)14(17)12-5-3-4-11(2)13(12)15/h3-6H,7-9,15H2,1-2H3. The van der Waals surface area contributed by atoms with Gasteiger partial charge in [0.15, 0.2) is 0 Å². The Morgan fingerprint density at radius 1 is 1.35 bits per heavy atom. The molecule has 0 bridgehead atoms. The summed E-state index contributed by atoms with van der Waals surface area (Å²) < 4.78 is 0. The molecule has 0 radical (unpaired) electrons. The highest BCUT2D eigenvalue weighted by Crippen LogP contribution is 2.20. The normalized spacial score (nSPS) is 15.6. The van der Waals surface area contributed by atoms with Crippen LogP contribution >= 0.6 is 0 Å². The van der Waals surface area contributed by atoms with Gasteiger partial charge in [0.2, 0.25) is 0 Å². The molecule has 0 saturated heterocycles. The fourth-order valence-electron chi connectivity index (χ4n) is 1.99. The van der Waals surface area contributed by atoms with Crippen molar-refractivity contribution in [3.63, 3.8) is 0 Å². The molecule has 1 aromatic rings. The van der Waals surface area contributed by atoms with E-state index < -0.39 is 0 Å². The molecule has 1 aromatic carbocycles. The maximum atomic E-state index is 12.3. The summed E-state index contributed by atoms with van der Waals surface area (Å²) in [5.74, 6) is 0.0370. The Balaban J connectivity index is 2.23. The van der Waals surface area contributed by atoms with E-state index in [1.54, 1.807) is 6.07 Å². The molecule has 1 heterocycles. The number of amides is 1. The lowest BCUT2D eigenvalue weighted by Crippen LogP contribution is -2.35. The van der Waals surface area contributed by atoms with Gasteiger partial charge in [-0.25, -0.2) is 0 Å². The van der Waals surface area contributed by atoms with Crippen LogP contribution in [0.5, 0.6) is 0 Å². The molecule has 0 aromatic heterocycles. The van der Waals surface area contributed by atoms with E-state index in [4.69, 9.17) is 5.73 Å². The molecule has 0 saturated carbocycles. The molecule has 0 atom stereocenters. The van der Waals surface area contributed by atoms with Gasteiger partial charge in [0.05, 0.1) is 5.56 Å². The van der Waals surface area contributed by atoms with Crippen LogP contribution in [0, 0.1) is 6.92 Å². The fourth-order valence-corrected chi connectivity index (χ4v) is 1.99. The van der Waals surface area contributed by atoms with E-state index in [2.05, 4.69) is 13.0 Å². The summed E-state index contributed by atoms with van der Waals surface area (Å²) in [4.78, 5) is 14.1. The lowest BCUT2D eigenvalue weighted by molar-refractivity contribution is 0.0770. The first-order valence-electron chi connectivity index (χ1n) is 5.89. The van der Waals surface area contributed by atoms with E-state index in [9.17, 15) is 4.79 Å². The SMILES string of the molecule is CC1=CCN(C(=O)c2cccc(C)c2N)CC1. The molecular formula is C14H18N2O. The summed E-state index contributed by atoms with van der Waals surface area (Å²) >= 11 is 0. The van der Waals surface area contributed by atoms with E-state index in [1.165, 1.54) is 5.57 Å². The number of carbonyl (C=O) groups is 1.